The minimum atomic E-state index is -0.194. The maximum absolute atomic E-state index is 9.80. The summed E-state index contributed by atoms with van der Waals surface area (Å²) in [5.74, 6) is 0.728. The molecule has 2 rings (SSSR count). The van der Waals surface area contributed by atoms with Crippen molar-refractivity contribution in [3.63, 3.8) is 0 Å². The maximum atomic E-state index is 9.80. The van der Waals surface area contributed by atoms with Gasteiger partial charge in [0.1, 0.15) is 0 Å². The van der Waals surface area contributed by atoms with Crippen LogP contribution in [0, 0.1) is 5.92 Å². The molecule has 0 radical (unpaired) electrons. The lowest BCUT2D eigenvalue weighted by Crippen LogP contribution is -2.43. The molecule has 2 fully saturated rings. The van der Waals surface area contributed by atoms with Gasteiger partial charge in [0.2, 0.25) is 0 Å². The largest absolute Gasteiger partial charge is 0.390 e. The van der Waals surface area contributed by atoms with Gasteiger partial charge in [0.15, 0.2) is 0 Å². The molecule has 1 heterocycles. The van der Waals surface area contributed by atoms with Gasteiger partial charge in [-0.25, -0.2) is 0 Å². The summed E-state index contributed by atoms with van der Waals surface area (Å²) in [4.78, 5) is 0. The minimum Gasteiger partial charge on any atom is -0.390 e. The second kappa shape index (κ2) is 3.00. The molecule has 12 heavy (non-hydrogen) atoms. The van der Waals surface area contributed by atoms with Crippen molar-refractivity contribution in [2.45, 2.75) is 50.7 Å². The lowest BCUT2D eigenvalue weighted by atomic mass is 9.76. The maximum Gasteiger partial charge on any atom is 0.0943 e. The van der Waals surface area contributed by atoms with Gasteiger partial charge in [-0.3, -0.25) is 0 Å². The second-order valence-electron chi connectivity index (χ2n) is 4.42. The Morgan fingerprint density at radius 2 is 2.25 bits per heavy atom. The third-order valence-corrected chi connectivity index (χ3v) is 3.38. The molecule has 2 aliphatic rings. The molecule has 1 N–H and O–H groups in total. The Kier molecular flexibility index (Phi) is 2.13. The zero-order chi connectivity index (χ0) is 8.60. The molecular weight excluding hydrogens is 152 g/mol. The fourth-order valence-electron chi connectivity index (χ4n) is 2.71. The van der Waals surface area contributed by atoms with Crippen LogP contribution in [0.2, 0.25) is 0 Å². The minimum absolute atomic E-state index is 0.141. The highest BCUT2D eigenvalue weighted by molar-refractivity contribution is 4.96. The molecule has 70 valence electrons. The van der Waals surface area contributed by atoms with Gasteiger partial charge in [-0.05, 0) is 25.2 Å². The van der Waals surface area contributed by atoms with Gasteiger partial charge >= 0.3 is 0 Å². The summed E-state index contributed by atoms with van der Waals surface area (Å²) in [6.07, 6.45) is 5.30. The average Bonchev–Trinajstić information content (AvgIpc) is 2.33. The monoisotopic (exact) mass is 170 g/mol. The first kappa shape index (κ1) is 8.52. The summed E-state index contributed by atoms with van der Waals surface area (Å²) < 4.78 is 5.71. The van der Waals surface area contributed by atoms with E-state index in [1.165, 1.54) is 12.8 Å². The SMILES string of the molecule is CC1CCCC2(C1)OCCC2O. The standard InChI is InChI=1S/C10H18O2/c1-8-3-2-5-10(7-8)9(11)4-6-12-10/h8-9,11H,2-7H2,1H3. The van der Waals surface area contributed by atoms with Crippen molar-refractivity contribution in [3.8, 4) is 0 Å². The number of rotatable bonds is 0. The van der Waals surface area contributed by atoms with Crippen LogP contribution >= 0.6 is 0 Å². The topological polar surface area (TPSA) is 29.5 Å². The van der Waals surface area contributed by atoms with Gasteiger partial charge in [0.25, 0.3) is 0 Å². The van der Waals surface area contributed by atoms with Gasteiger partial charge in [-0.15, -0.1) is 0 Å². The lowest BCUT2D eigenvalue weighted by Gasteiger charge is -2.38. The zero-order valence-electron chi connectivity index (χ0n) is 7.75. The van der Waals surface area contributed by atoms with Gasteiger partial charge in [0, 0.05) is 0 Å². The number of hydrogen-bond donors (Lipinski definition) is 1. The molecule has 1 spiro atoms. The highest BCUT2D eigenvalue weighted by atomic mass is 16.5. The summed E-state index contributed by atoms with van der Waals surface area (Å²) in [5, 5.41) is 9.80. The van der Waals surface area contributed by atoms with Gasteiger partial charge in [0.05, 0.1) is 18.3 Å². The second-order valence-corrected chi connectivity index (χ2v) is 4.42. The molecule has 2 heteroatoms. The quantitative estimate of drug-likeness (QED) is 0.599. The van der Waals surface area contributed by atoms with Crippen molar-refractivity contribution in [2.75, 3.05) is 6.61 Å². The molecule has 0 aromatic heterocycles. The summed E-state index contributed by atoms with van der Waals surface area (Å²) in [5.41, 5.74) is -0.141. The van der Waals surface area contributed by atoms with Gasteiger partial charge < -0.3 is 9.84 Å². The van der Waals surface area contributed by atoms with Crippen molar-refractivity contribution in [1.82, 2.24) is 0 Å². The van der Waals surface area contributed by atoms with E-state index in [9.17, 15) is 5.11 Å². The molecule has 0 aromatic rings. The number of aliphatic hydroxyl groups excluding tert-OH is 1. The average molecular weight is 170 g/mol. The van der Waals surface area contributed by atoms with Crippen LogP contribution in [-0.4, -0.2) is 23.4 Å². The molecule has 1 aliphatic carbocycles. The first-order chi connectivity index (χ1) is 5.73. The Balaban J connectivity index is 2.08. The predicted molar refractivity (Wildman–Crippen MR) is 46.9 cm³/mol. The lowest BCUT2D eigenvalue weighted by molar-refractivity contribution is -0.0916. The molecular formula is C10H18O2. The summed E-state index contributed by atoms with van der Waals surface area (Å²) in [6.45, 7) is 3.02. The molecule has 3 atom stereocenters. The van der Waals surface area contributed by atoms with Crippen LogP contribution in [0.3, 0.4) is 0 Å². The predicted octanol–water partition coefficient (Wildman–Crippen LogP) is 1.72. The number of ether oxygens (including phenoxy) is 1. The fourth-order valence-corrected chi connectivity index (χ4v) is 2.71. The van der Waals surface area contributed by atoms with Crippen LogP contribution in [0.15, 0.2) is 0 Å². The van der Waals surface area contributed by atoms with Crippen LogP contribution in [-0.2, 0) is 4.74 Å². The smallest absolute Gasteiger partial charge is 0.0943 e. The van der Waals surface area contributed by atoms with E-state index >= 15 is 0 Å². The van der Waals surface area contributed by atoms with Crippen LogP contribution in [0.4, 0.5) is 0 Å². The molecule has 0 amide bonds. The number of aliphatic hydroxyl groups is 1. The van der Waals surface area contributed by atoms with Gasteiger partial charge in [-0.2, -0.15) is 0 Å². The fraction of sp³-hybridized carbons (Fsp3) is 1.00. The zero-order valence-corrected chi connectivity index (χ0v) is 7.75. The Bertz CT molecular complexity index is 169. The van der Waals surface area contributed by atoms with Crippen LogP contribution < -0.4 is 0 Å². The van der Waals surface area contributed by atoms with E-state index in [4.69, 9.17) is 4.74 Å². The Labute approximate surface area is 73.9 Å². The third kappa shape index (κ3) is 1.27. The molecule has 1 saturated heterocycles. The van der Waals surface area contributed by atoms with Crippen molar-refractivity contribution >= 4 is 0 Å². The third-order valence-electron chi connectivity index (χ3n) is 3.38. The molecule has 0 bridgehead atoms. The van der Waals surface area contributed by atoms with E-state index in [2.05, 4.69) is 6.92 Å². The van der Waals surface area contributed by atoms with E-state index in [0.29, 0.717) is 0 Å². The molecule has 1 saturated carbocycles. The van der Waals surface area contributed by atoms with Gasteiger partial charge in [-0.1, -0.05) is 19.8 Å². The van der Waals surface area contributed by atoms with E-state index < -0.39 is 0 Å². The summed E-state index contributed by atoms with van der Waals surface area (Å²) in [6, 6.07) is 0. The Morgan fingerprint density at radius 1 is 1.42 bits per heavy atom. The van der Waals surface area contributed by atoms with Crippen molar-refractivity contribution in [1.29, 1.82) is 0 Å². The van der Waals surface area contributed by atoms with Crippen molar-refractivity contribution < 1.29 is 9.84 Å². The Hall–Kier alpha value is -0.0800. The highest BCUT2D eigenvalue weighted by Crippen LogP contribution is 2.41. The number of hydrogen-bond acceptors (Lipinski definition) is 2. The van der Waals surface area contributed by atoms with E-state index in [1.54, 1.807) is 0 Å². The van der Waals surface area contributed by atoms with Crippen molar-refractivity contribution in [3.05, 3.63) is 0 Å². The molecule has 0 aromatic carbocycles. The van der Waals surface area contributed by atoms with E-state index in [-0.39, 0.29) is 11.7 Å². The first-order valence-corrected chi connectivity index (χ1v) is 5.05. The first-order valence-electron chi connectivity index (χ1n) is 5.05. The van der Waals surface area contributed by atoms with Crippen LogP contribution in [0.25, 0.3) is 0 Å². The van der Waals surface area contributed by atoms with Crippen molar-refractivity contribution in [2.24, 2.45) is 5.92 Å². The normalized spacial score (nSPS) is 48.5. The molecule has 1 aliphatic heterocycles. The summed E-state index contributed by atoms with van der Waals surface area (Å²) in [7, 11) is 0. The van der Waals surface area contributed by atoms with Crippen LogP contribution in [0.1, 0.15) is 39.0 Å². The van der Waals surface area contributed by atoms with E-state index in [1.807, 2.05) is 0 Å². The molecule has 2 nitrogen and oxygen atoms in total. The van der Waals surface area contributed by atoms with Crippen LogP contribution in [0.5, 0.6) is 0 Å². The van der Waals surface area contributed by atoms with E-state index in [0.717, 1.165) is 31.8 Å². The summed E-state index contributed by atoms with van der Waals surface area (Å²) >= 11 is 0. The highest BCUT2D eigenvalue weighted by Gasteiger charge is 2.45. The Morgan fingerprint density at radius 3 is 2.83 bits per heavy atom. The molecule has 3 unspecified atom stereocenters.